The Bertz CT molecular complexity index is 394. The van der Waals surface area contributed by atoms with Gasteiger partial charge in [0.15, 0.2) is 0 Å². The number of methoxy groups -OCH3 is 1. The maximum Gasteiger partial charge on any atom is 0.248 e. The lowest BCUT2D eigenvalue weighted by molar-refractivity contribution is -0.138. The van der Waals surface area contributed by atoms with E-state index >= 15 is 0 Å². The van der Waals surface area contributed by atoms with Gasteiger partial charge in [-0.25, -0.2) is 0 Å². The van der Waals surface area contributed by atoms with Crippen LogP contribution in [0.4, 0.5) is 0 Å². The third-order valence-electron chi connectivity index (χ3n) is 4.46. The summed E-state index contributed by atoms with van der Waals surface area (Å²) in [6.07, 6.45) is 0.901. The van der Waals surface area contributed by atoms with Crippen molar-refractivity contribution >= 4 is 11.8 Å². The molecule has 2 rings (SSSR count). The van der Waals surface area contributed by atoms with Crippen LogP contribution in [0.2, 0.25) is 0 Å². The summed E-state index contributed by atoms with van der Waals surface area (Å²) in [7, 11) is 5.58. The number of rotatable bonds is 6. The summed E-state index contributed by atoms with van der Waals surface area (Å²) in [6, 6.07) is 0.00170. The molecular formula is C15H28N4O3. The van der Waals surface area contributed by atoms with Crippen LogP contribution < -0.4 is 0 Å². The van der Waals surface area contributed by atoms with Gasteiger partial charge in [0.05, 0.1) is 6.04 Å². The largest absolute Gasteiger partial charge is 0.375 e. The van der Waals surface area contributed by atoms with Crippen molar-refractivity contribution < 1.29 is 14.3 Å². The highest BCUT2D eigenvalue weighted by molar-refractivity contribution is 5.84. The zero-order chi connectivity index (χ0) is 16.1. The molecule has 126 valence electrons. The molecule has 0 N–H and O–H groups in total. The van der Waals surface area contributed by atoms with Gasteiger partial charge in [-0.05, 0) is 20.5 Å². The smallest absolute Gasteiger partial charge is 0.248 e. The van der Waals surface area contributed by atoms with Gasteiger partial charge in [-0.2, -0.15) is 0 Å². The van der Waals surface area contributed by atoms with Crippen molar-refractivity contribution in [2.45, 2.75) is 12.5 Å². The third-order valence-corrected chi connectivity index (χ3v) is 4.46. The molecule has 0 bridgehead atoms. The molecule has 22 heavy (non-hydrogen) atoms. The molecule has 1 atom stereocenters. The third kappa shape index (κ3) is 4.18. The van der Waals surface area contributed by atoms with Gasteiger partial charge < -0.3 is 19.4 Å². The first-order valence-corrected chi connectivity index (χ1v) is 7.97. The molecule has 0 aromatic heterocycles. The molecule has 2 heterocycles. The Hall–Kier alpha value is -1.18. The molecule has 2 fully saturated rings. The number of carbonyl (C=O) groups is 2. The second-order valence-corrected chi connectivity index (χ2v) is 6.28. The molecule has 0 radical (unpaired) electrons. The van der Waals surface area contributed by atoms with Crippen LogP contribution in [0.3, 0.4) is 0 Å². The molecule has 2 aliphatic rings. The van der Waals surface area contributed by atoms with Gasteiger partial charge in [-0.1, -0.05) is 0 Å². The summed E-state index contributed by atoms with van der Waals surface area (Å²) < 4.78 is 4.89. The van der Waals surface area contributed by atoms with Crippen molar-refractivity contribution in [2.75, 3.05) is 73.6 Å². The quantitative estimate of drug-likeness (QED) is 0.626. The van der Waals surface area contributed by atoms with Gasteiger partial charge in [-0.15, -0.1) is 0 Å². The Morgan fingerprint density at radius 2 is 1.91 bits per heavy atom. The highest BCUT2D eigenvalue weighted by atomic mass is 16.5. The zero-order valence-corrected chi connectivity index (χ0v) is 14.0. The van der Waals surface area contributed by atoms with Crippen molar-refractivity contribution in [3.8, 4) is 0 Å². The second-order valence-electron chi connectivity index (χ2n) is 6.28. The van der Waals surface area contributed by atoms with Crippen LogP contribution in [0.1, 0.15) is 6.42 Å². The Kier molecular flexibility index (Phi) is 6.16. The first kappa shape index (κ1) is 17.2. The highest BCUT2D eigenvalue weighted by Gasteiger charge is 2.37. The normalized spacial score (nSPS) is 23.6. The van der Waals surface area contributed by atoms with Crippen LogP contribution in [-0.2, 0) is 14.3 Å². The lowest BCUT2D eigenvalue weighted by atomic mass is 10.2. The SMILES string of the molecule is COCC(=O)N1CCN(C2CCN(CCN(C)C)C2=O)CC1. The minimum absolute atomic E-state index is 0.00170. The van der Waals surface area contributed by atoms with Gasteiger partial charge in [0.2, 0.25) is 11.8 Å². The molecule has 2 saturated heterocycles. The summed E-state index contributed by atoms with van der Waals surface area (Å²) in [5.41, 5.74) is 0. The maximum absolute atomic E-state index is 12.5. The Morgan fingerprint density at radius 3 is 2.50 bits per heavy atom. The number of hydrogen-bond donors (Lipinski definition) is 0. The Balaban J connectivity index is 1.80. The fourth-order valence-corrected chi connectivity index (χ4v) is 3.10. The van der Waals surface area contributed by atoms with E-state index in [0.717, 1.165) is 39.1 Å². The van der Waals surface area contributed by atoms with E-state index in [1.165, 1.54) is 7.11 Å². The van der Waals surface area contributed by atoms with Gasteiger partial charge in [0.1, 0.15) is 6.61 Å². The van der Waals surface area contributed by atoms with Crippen molar-refractivity contribution in [2.24, 2.45) is 0 Å². The van der Waals surface area contributed by atoms with E-state index < -0.39 is 0 Å². The monoisotopic (exact) mass is 312 g/mol. The van der Waals surface area contributed by atoms with Crippen LogP contribution >= 0.6 is 0 Å². The molecule has 0 saturated carbocycles. The molecule has 2 aliphatic heterocycles. The first-order valence-electron chi connectivity index (χ1n) is 7.97. The van der Waals surface area contributed by atoms with Crippen molar-refractivity contribution in [3.63, 3.8) is 0 Å². The maximum atomic E-state index is 12.5. The Labute approximate surface area is 132 Å². The van der Waals surface area contributed by atoms with Gasteiger partial charge in [0, 0.05) is 52.9 Å². The summed E-state index contributed by atoms with van der Waals surface area (Å²) >= 11 is 0. The predicted octanol–water partition coefficient (Wildman–Crippen LogP) is -1.06. The number of hydrogen-bond acceptors (Lipinski definition) is 5. The van der Waals surface area contributed by atoms with E-state index in [0.29, 0.717) is 13.1 Å². The van der Waals surface area contributed by atoms with Gasteiger partial charge >= 0.3 is 0 Å². The van der Waals surface area contributed by atoms with Crippen LogP contribution in [0, 0.1) is 0 Å². The van der Waals surface area contributed by atoms with Crippen molar-refractivity contribution in [1.29, 1.82) is 0 Å². The van der Waals surface area contributed by atoms with E-state index in [1.807, 2.05) is 23.9 Å². The highest BCUT2D eigenvalue weighted by Crippen LogP contribution is 2.19. The first-order chi connectivity index (χ1) is 10.5. The number of likely N-dealkylation sites (tertiary alicyclic amines) is 1. The summed E-state index contributed by atoms with van der Waals surface area (Å²) in [5.74, 6) is 0.283. The molecule has 0 aromatic rings. The van der Waals surface area contributed by atoms with Gasteiger partial charge in [0.25, 0.3) is 0 Å². The number of amides is 2. The second kappa shape index (κ2) is 7.89. The van der Waals surface area contributed by atoms with E-state index in [2.05, 4.69) is 9.80 Å². The number of nitrogens with zero attached hydrogens (tertiary/aromatic N) is 4. The number of ether oxygens (including phenoxy) is 1. The minimum atomic E-state index is 0.00170. The molecule has 0 spiro atoms. The van der Waals surface area contributed by atoms with Crippen LogP contribution in [0.15, 0.2) is 0 Å². The van der Waals surface area contributed by atoms with Crippen LogP contribution in [-0.4, -0.2) is 111 Å². The lowest BCUT2D eigenvalue weighted by Gasteiger charge is -2.37. The van der Waals surface area contributed by atoms with Crippen LogP contribution in [0.5, 0.6) is 0 Å². The van der Waals surface area contributed by atoms with Gasteiger partial charge in [-0.3, -0.25) is 14.5 Å². The number of carbonyl (C=O) groups excluding carboxylic acids is 2. The fourth-order valence-electron chi connectivity index (χ4n) is 3.10. The predicted molar refractivity (Wildman–Crippen MR) is 83.6 cm³/mol. The topological polar surface area (TPSA) is 56.3 Å². The van der Waals surface area contributed by atoms with Crippen molar-refractivity contribution in [1.82, 2.24) is 19.6 Å². The Morgan fingerprint density at radius 1 is 1.23 bits per heavy atom. The number of piperazine rings is 1. The summed E-state index contributed by atoms with van der Waals surface area (Å²) in [5, 5.41) is 0. The van der Waals surface area contributed by atoms with E-state index in [-0.39, 0.29) is 24.5 Å². The summed E-state index contributed by atoms with van der Waals surface area (Å²) in [6.45, 7) is 5.60. The lowest BCUT2D eigenvalue weighted by Crippen LogP contribution is -2.54. The van der Waals surface area contributed by atoms with Crippen molar-refractivity contribution in [3.05, 3.63) is 0 Å². The molecule has 7 heteroatoms. The molecule has 2 amide bonds. The summed E-state index contributed by atoms with van der Waals surface area (Å²) in [4.78, 5) is 32.4. The van der Waals surface area contributed by atoms with E-state index in [4.69, 9.17) is 4.74 Å². The fraction of sp³-hybridized carbons (Fsp3) is 0.867. The molecule has 0 aliphatic carbocycles. The molecule has 1 unspecified atom stereocenters. The van der Waals surface area contributed by atoms with E-state index in [1.54, 1.807) is 0 Å². The minimum Gasteiger partial charge on any atom is -0.375 e. The zero-order valence-electron chi connectivity index (χ0n) is 14.0. The molecular weight excluding hydrogens is 284 g/mol. The average molecular weight is 312 g/mol. The standard InChI is InChI=1S/C15H28N4O3/c1-16(2)6-7-19-5-4-13(15(19)21)17-8-10-18(11-9-17)14(20)12-22-3/h13H,4-12H2,1-3H3. The molecule has 0 aromatic carbocycles. The average Bonchev–Trinajstić information content (AvgIpc) is 2.86. The number of likely N-dealkylation sites (N-methyl/N-ethyl adjacent to an activating group) is 1. The van der Waals surface area contributed by atoms with E-state index in [9.17, 15) is 9.59 Å². The van der Waals surface area contributed by atoms with Crippen LogP contribution in [0.25, 0.3) is 0 Å². The molecule has 7 nitrogen and oxygen atoms in total.